The number of fused-ring (bicyclic) bond motifs is 1. The number of benzene rings is 2. The second-order valence-electron chi connectivity index (χ2n) is 5.15. The van der Waals surface area contributed by atoms with Crippen molar-refractivity contribution in [1.82, 2.24) is 5.32 Å². The lowest BCUT2D eigenvalue weighted by Crippen LogP contribution is -2.23. The normalized spacial score (nSPS) is 12.5. The summed E-state index contributed by atoms with van der Waals surface area (Å²) in [5.74, 6) is 1.51. The highest BCUT2D eigenvalue weighted by atomic mass is 16.7. The molecule has 2 aromatic carbocycles. The van der Waals surface area contributed by atoms with Gasteiger partial charge in [0.15, 0.2) is 11.5 Å². The SMILES string of the molecule is O=C(/C=C/c1ccc2c(c1)OCO2)NCCc1ccc(O)cc1. The van der Waals surface area contributed by atoms with Crippen LogP contribution in [0.4, 0.5) is 0 Å². The maximum atomic E-state index is 11.8. The molecule has 0 saturated carbocycles. The number of nitrogens with one attached hydrogen (secondary N) is 1. The number of hydrogen-bond acceptors (Lipinski definition) is 4. The molecule has 2 aromatic rings. The Bertz CT molecular complexity index is 722. The maximum absolute atomic E-state index is 11.8. The van der Waals surface area contributed by atoms with Crippen molar-refractivity contribution >= 4 is 12.0 Å². The maximum Gasteiger partial charge on any atom is 0.244 e. The van der Waals surface area contributed by atoms with Gasteiger partial charge in [-0.25, -0.2) is 0 Å². The molecule has 0 aromatic heterocycles. The minimum Gasteiger partial charge on any atom is -0.508 e. The molecule has 3 rings (SSSR count). The summed E-state index contributed by atoms with van der Waals surface area (Å²) in [6.45, 7) is 0.773. The molecule has 1 aliphatic heterocycles. The lowest BCUT2D eigenvalue weighted by Gasteiger charge is -2.03. The Morgan fingerprint density at radius 3 is 2.74 bits per heavy atom. The summed E-state index contributed by atoms with van der Waals surface area (Å²) < 4.78 is 10.5. The Hall–Kier alpha value is -2.95. The zero-order valence-corrected chi connectivity index (χ0v) is 12.5. The Morgan fingerprint density at radius 1 is 1.13 bits per heavy atom. The summed E-state index contributed by atoms with van der Waals surface area (Å²) in [4.78, 5) is 11.8. The van der Waals surface area contributed by atoms with Crippen molar-refractivity contribution in [3.8, 4) is 17.2 Å². The number of phenolic OH excluding ortho intramolecular Hbond substituents is 1. The summed E-state index contributed by atoms with van der Waals surface area (Å²) in [5, 5.41) is 12.0. The van der Waals surface area contributed by atoms with E-state index in [1.807, 2.05) is 30.3 Å². The largest absolute Gasteiger partial charge is 0.508 e. The molecule has 5 heteroatoms. The van der Waals surface area contributed by atoms with Crippen molar-refractivity contribution < 1.29 is 19.4 Å². The van der Waals surface area contributed by atoms with Gasteiger partial charge in [-0.05, 0) is 47.9 Å². The average Bonchev–Trinajstić information content (AvgIpc) is 3.02. The van der Waals surface area contributed by atoms with Crippen LogP contribution < -0.4 is 14.8 Å². The van der Waals surface area contributed by atoms with E-state index in [4.69, 9.17) is 9.47 Å². The van der Waals surface area contributed by atoms with Crippen LogP contribution in [0, 0.1) is 0 Å². The first-order chi connectivity index (χ1) is 11.2. The zero-order chi connectivity index (χ0) is 16.1. The Morgan fingerprint density at radius 2 is 1.91 bits per heavy atom. The van der Waals surface area contributed by atoms with Crippen LogP contribution in [-0.4, -0.2) is 24.4 Å². The van der Waals surface area contributed by atoms with Gasteiger partial charge in [0.25, 0.3) is 0 Å². The molecule has 118 valence electrons. The van der Waals surface area contributed by atoms with Gasteiger partial charge in [-0.2, -0.15) is 0 Å². The smallest absolute Gasteiger partial charge is 0.244 e. The van der Waals surface area contributed by atoms with E-state index in [1.165, 1.54) is 6.08 Å². The Balaban J connectivity index is 1.48. The molecule has 0 spiro atoms. The summed E-state index contributed by atoms with van der Waals surface area (Å²) in [5.41, 5.74) is 1.94. The number of ether oxygens (including phenoxy) is 2. The molecule has 0 atom stereocenters. The number of carbonyl (C=O) groups excluding carboxylic acids is 1. The second-order valence-corrected chi connectivity index (χ2v) is 5.15. The molecule has 0 saturated heterocycles. The number of hydrogen-bond donors (Lipinski definition) is 2. The van der Waals surface area contributed by atoms with Crippen LogP contribution >= 0.6 is 0 Å². The number of phenols is 1. The van der Waals surface area contributed by atoms with Crippen molar-refractivity contribution in [2.75, 3.05) is 13.3 Å². The highest BCUT2D eigenvalue weighted by Crippen LogP contribution is 2.32. The van der Waals surface area contributed by atoms with E-state index in [-0.39, 0.29) is 18.4 Å². The first-order valence-corrected chi connectivity index (χ1v) is 7.34. The molecule has 23 heavy (non-hydrogen) atoms. The van der Waals surface area contributed by atoms with Crippen LogP contribution in [0.3, 0.4) is 0 Å². The van der Waals surface area contributed by atoms with E-state index >= 15 is 0 Å². The van der Waals surface area contributed by atoms with E-state index in [0.29, 0.717) is 18.7 Å². The van der Waals surface area contributed by atoms with Gasteiger partial charge >= 0.3 is 0 Å². The van der Waals surface area contributed by atoms with Crippen LogP contribution in [-0.2, 0) is 11.2 Å². The lowest BCUT2D eigenvalue weighted by molar-refractivity contribution is -0.116. The van der Waals surface area contributed by atoms with Gasteiger partial charge in [-0.3, -0.25) is 4.79 Å². The fourth-order valence-corrected chi connectivity index (χ4v) is 2.24. The fraction of sp³-hybridized carbons (Fsp3) is 0.167. The van der Waals surface area contributed by atoms with Gasteiger partial charge in [0, 0.05) is 12.6 Å². The topological polar surface area (TPSA) is 67.8 Å². The standard InChI is InChI=1S/C18H17NO4/c20-15-5-1-13(2-6-15)9-10-19-18(21)8-4-14-3-7-16-17(11-14)23-12-22-16/h1-8,11,20H,9-10,12H2,(H,19,21)/b8-4+. The van der Waals surface area contributed by atoms with Crippen LogP contribution in [0.25, 0.3) is 6.08 Å². The number of rotatable bonds is 5. The third-order valence-electron chi connectivity index (χ3n) is 3.47. The molecule has 2 N–H and O–H groups in total. The Labute approximate surface area is 134 Å². The number of aromatic hydroxyl groups is 1. The average molecular weight is 311 g/mol. The summed E-state index contributed by atoms with van der Waals surface area (Å²) in [6.07, 6.45) is 3.94. The summed E-state index contributed by atoms with van der Waals surface area (Å²) in [7, 11) is 0. The van der Waals surface area contributed by atoms with E-state index in [0.717, 1.165) is 16.9 Å². The molecule has 0 unspecified atom stereocenters. The molecule has 1 aliphatic rings. The second kappa shape index (κ2) is 6.87. The zero-order valence-electron chi connectivity index (χ0n) is 12.5. The molecule has 5 nitrogen and oxygen atoms in total. The van der Waals surface area contributed by atoms with Crippen LogP contribution in [0.2, 0.25) is 0 Å². The van der Waals surface area contributed by atoms with Crippen molar-refractivity contribution in [3.63, 3.8) is 0 Å². The molecule has 0 fully saturated rings. The van der Waals surface area contributed by atoms with Crippen LogP contribution in [0.15, 0.2) is 48.5 Å². The molecule has 1 amide bonds. The molecular weight excluding hydrogens is 294 g/mol. The molecular formula is C18H17NO4. The third-order valence-corrected chi connectivity index (χ3v) is 3.47. The van der Waals surface area contributed by atoms with E-state index in [9.17, 15) is 9.90 Å². The minimum absolute atomic E-state index is 0.151. The number of amides is 1. The van der Waals surface area contributed by atoms with Crippen LogP contribution in [0.5, 0.6) is 17.2 Å². The van der Waals surface area contributed by atoms with Gasteiger partial charge in [0.1, 0.15) is 5.75 Å². The highest BCUT2D eigenvalue weighted by molar-refractivity contribution is 5.91. The molecule has 0 radical (unpaired) electrons. The van der Waals surface area contributed by atoms with Gasteiger partial charge < -0.3 is 19.9 Å². The summed E-state index contributed by atoms with van der Waals surface area (Å²) >= 11 is 0. The van der Waals surface area contributed by atoms with Gasteiger partial charge in [-0.1, -0.05) is 18.2 Å². The van der Waals surface area contributed by atoms with E-state index < -0.39 is 0 Å². The monoisotopic (exact) mass is 311 g/mol. The van der Waals surface area contributed by atoms with E-state index in [1.54, 1.807) is 18.2 Å². The van der Waals surface area contributed by atoms with Crippen LogP contribution in [0.1, 0.15) is 11.1 Å². The van der Waals surface area contributed by atoms with E-state index in [2.05, 4.69) is 5.32 Å². The molecule has 0 bridgehead atoms. The first-order valence-electron chi connectivity index (χ1n) is 7.34. The first kappa shape index (κ1) is 15.0. The predicted octanol–water partition coefficient (Wildman–Crippen LogP) is 2.49. The molecule has 1 heterocycles. The highest BCUT2D eigenvalue weighted by Gasteiger charge is 2.12. The fourth-order valence-electron chi connectivity index (χ4n) is 2.24. The lowest BCUT2D eigenvalue weighted by atomic mass is 10.1. The predicted molar refractivity (Wildman–Crippen MR) is 86.4 cm³/mol. The minimum atomic E-state index is -0.151. The molecule has 0 aliphatic carbocycles. The van der Waals surface area contributed by atoms with Crippen molar-refractivity contribution in [2.24, 2.45) is 0 Å². The quantitative estimate of drug-likeness (QED) is 0.833. The van der Waals surface area contributed by atoms with Gasteiger partial charge in [0.2, 0.25) is 12.7 Å². The van der Waals surface area contributed by atoms with Crippen molar-refractivity contribution in [2.45, 2.75) is 6.42 Å². The summed E-state index contributed by atoms with van der Waals surface area (Å²) in [6, 6.07) is 12.5. The van der Waals surface area contributed by atoms with Gasteiger partial charge in [-0.15, -0.1) is 0 Å². The third kappa shape index (κ3) is 4.03. The van der Waals surface area contributed by atoms with Crippen molar-refractivity contribution in [1.29, 1.82) is 0 Å². The number of carbonyl (C=O) groups is 1. The van der Waals surface area contributed by atoms with Crippen molar-refractivity contribution in [3.05, 3.63) is 59.7 Å². The van der Waals surface area contributed by atoms with Gasteiger partial charge in [0.05, 0.1) is 0 Å². The Kier molecular flexibility index (Phi) is 4.47.